The van der Waals surface area contributed by atoms with Gasteiger partial charge in [-0.15, -0.1) is 0 Å². The molecule has 2 aromatic carbocycles. The van der Waals surface area contributed by atoms with Crippen molar-refractivity contribution in [1.82, 2.24) is 9.80 Å². The van der Waals surface area contributed by atoms with Crippen molar-refractivity contribution < 1.29 is 13.9 Å². The summed E-state index contributed by atoms with van der Waals surface area (Å²) >= 11 is 6.00. The van der Waals surface area contributed by atoms with Gasteiger partial charge in [0.2, 0.25) is 0 Å². The van der Waals surface area contributed by atoms with Gasteiger partial charge in [0.15, 0.2) is 0 Å². The number of benzene rings is 2. The molecule has 1 aliphatic heterocycles. The van der Waals surface area contributed by atoms with Gasteiger partial charge in [0, 0.05) is 32.7 Å². The number of hydrogen-bond donors (Lipinski definition) is 0. The van der Waals surface area contributed by atoms with E-state index in [9.17, 15) is 9.18 Å². The minimum Gasteiger partial charge on any atom is -0.494 e. The van der Waals surface area contributed by atoms with Crippen molar-refractivity contribution in [3.8, 4) is 5.75 Å². The Labute approximate surface area is 158 Å². The van der Waals surface area contributed by atoms with Crippen LogP contribution in [0.5, 0.6) is 5.75 Å². The summed E-state index contributed by atoms with van der Waals surface area (Å²) in [5, 5.41) is 0.162. The second-order valence-electron chi connectivity index (χ2n) is 6.27. The fraction of sp³-hybridized carbons (Fsp3) is 0.350. The zero-order valence-corrected chi connectivity index (χ0v) is 15.3. The number of piperazine rings is 1. The van der Waals surface area contributed by atoms with Crippen molar-refractivity contribution in [3.05, 3.63) is 64.9 Å². The molecule has 6 heteroatoms. The number of hydrogen-bond acceptors (Lipinski definition) is 3. The number of carbonyl (C=O) groups is 1. The Balaban J connectivity index is 1.40. The molecule has 0 aromatic heterocycles. The minimum atomic E-state index is -0.436. The Kier molecular flexibility index (Phi) is 6.47. The van der Waals surface area contributed by atoms with Crippen LogP contribution in [0, 0.1) is 5.82 Å². The van der Waals surface area contributed by atoms with Crippen LogP contribution in [0.3, 0.4) is 0 Å². The normalized spacial score (nSPS) is 15.1. The van der Waals surface area contributed by atoms with Gasteiger partial charge in [0.1, 0.15) is 11.6 Å². The van der Waals surface area contributed by atoms with Crippen molar-refractivity contribution in [1.29, 1.82) is 0 Å². The Morgan fingerprint density at radius 1 is 1.08 bits per heavy atom. The maximum atomic E-state index is 13.1. The lowest BCUT2D eigenvalue weighted by Gasteiger charge is -2.34. The first-order valence-corrected chi connectivity index (χ1v) is 9.16. The van der Waals surface area contributed by atoms with Crippen LogP contribution < -0.4 is 4.74 Å². The lowest BCUT2D eigenvalue weighted by Crippen LogP contribution is -2.49. The first kappa shape index (κ1) is 18.7. The van der Waals surface area contributed by atoms with Gasteiger partial charge < -0.3 is 9.64 Å². The second-order valence-corrected chi connectivity index (χ2v) is 6.68. The number of carbonyl (C=O) groups excluding carboxylic acids is 1. The summed E-state index contributed by atoms with van der Waals surface area (Å²) in [6.07, 6.45) is 0.937. The maximum absolute atomic E-state index is 13.1. The molecule has 1 saturated heterocycles. The van der Waals surface area contributed by atoms with Gasteiger partial charge in [0.05, 0.1) is 17.2 Å². The summed E-state index contributed by atoms with van der Waals surface area (Å²) in [5.41, 5.74) is 0.359. The molecule has 0 unspecified atom stereocenters. The average molecular weight is 377 g/mol. The van der Waals surface area contributed by atoms with Crippen molar-refractivity contribution >= 4 is 17.5 Å². The molecule has 0 spiro atoms. The highest BCUT2D eigenvalue weighted by atomic mass is 35.5. The molecule has 138 valence electrons. The highest BCUT2D eigenvalue weighted by Crippen LogP contribution is 2.20. The van der Waals surface area contributed by atoms with E-state index in [1.807, 2.05) is 30.3 Å². The number of halogens is 2. The van der Waals surface area contributed by atoms with Crippen LogP contribution in [0.2, 0.25) is 5.02 Å². The Morgan fingerprint density at radius 2 is 1.81 bits per heavy atom. The highest BCUT2D eigenvalue weighted by molar-refractivity contribution is 6.33. The van der Waals surface area contributed by atoms with Crippen LogP contribution >= 0.6 is 11.6 Å². The standard InChI is InChI=1S/C20H22ClFN2O2/c21-19-15-16(22)7-8-18(19)20(25)24-12-10-23(11-13-24)9-4-14-26-17-5-2-1-3-6-17/h1-3,5-8,15H,4,9-14H2. The number of ether oxygens (including phenoxy) is 1. The number of amides is 1. The number of para-hydroxylation sites is 1. The van der Waals surface area contributed by atoms with Crippen LogP contribution in [0.4, 0.5) is 4.39 Å². The molecule has 0 saturated carbocycles. The van der Waals surface area contributed by atoms with Crippen molar-refractivity contribution in [2.45, 2.75) is 6.42 Å². The van der Waals surface area contributed by atoms with Gasteiger partial charge >= 0.3 is 0 Å². The van der Waals surface area contributed by atoms with E-state index in [2.05, 4.69) is 4.90 Å². The molecule has 0 bridgehead atoms. The molecule has 26 heavy (non-hydrogen) atoms. The molecule has 0 atom stereocenters. The molecule has 2 aromatic rings. The maximum Gasteiger partial charge on any atom is 0.255 e. The zero-order chi connectivity index (χ0) is 18.4. The predicted octanol–water partition coefficient (Wildman–Crippen LogP) is 3.71. The van der Waals surface area contributed by atoms with E-state index < -0.39 is 5.82 Å². The Morgan fingerprint density at radius 3 is 2.50 bits per heavy atom. The van der Waals surface area contributed by atoms with Crippen LogP contribution in [0.1, 0.15) is 16.8 Å². The third kappa shape index (κ3) is 4.96. The van der Waals surface area contributed by atoms with E-state index in [4.69, 9.17) is 16.3 Å². The predicted molar refractivity (Wildman–Crippen MR) is 100 cm³/mol. The average Bonchev–Trinajstić information content (AvgIpc) is 2.66. The van der Waals surface area contributed by atoms with Gasteiger partial charge in [-0.05, 0) is 36.8 Å². The lowest BCUT2D eigenvalue weighted by molar-refractivity contribution is 0.0631. The first-order valence-electron chi connectivity index (χ1n) is 8.78. The van der Waals surface area contributed by atoms with Gasteiger partial charge in [-0.2, -0.15) is 0 Å². The van der Waals surface area contributed by atoms with E-state index in [0.29, 0.717) is 25.3 Å². The topological polar surface area (TPSA) is 32.8 Å². The van der Waals surface area contributed by atoms with E-state index in [1.54, 1.807) is 4.90 Å². The molecule has 0 N–H and O–H groups in total. The van der Waals surface area contributed by atoms with Crippen LogP contribution in [-0.2, 0) is 0 Å². The molecule has 1 fully saturated rings. The van der Waals surface area contributed by atoms with Crippen molar-refractivity contribution in [2.24, 2.45) is 0 Å². The van der Waals surface area contributed by atoms with E-state index in [0.717, 1.165) is 31.8 Å². The smallest absolute Gasteiger partial charge is 0.255 e. The van der Waals surface area contributed by atoms with Gasteiger partial charge in [0.25, 0.3) is 5.91 Å². The van der Waals surface area contributed by atoms with Gasteiger partial charge in [-0.3, -0.25) is 9.69 Å². The van der Waals surface area contributed by atoms with E-state index in [-0.39, 0.29) is 10.9 Å². The van der Waals surface area contributed by atoms with Crippen molar-refractivity contribution in [3.63, 3.8) is 0 Å². The largest absolute Gasteiger partial charge is 0.494 e. The minimum absolute atomic E-state index is 0.137. The third-order valence-corrected chi connectivity index (χ3v) is 4.76. The van der Waals surface area contributed by atoms with E-state index >= 15 is 0 Å². The Hall–Kier alpha value is -2.11. The first-order chi connectivity index (χ1) is 12.6. The van der Waals surface area contributed by atoms with Gasteiger partial charge in [-0.25, -0.2) is 4.39 Å². The monoisotopic (exact) mass is 376 g/mol. The molecule has 0 radical (unpaired) electrons. The summed E-state index contributed by atoms with van der Waals surface area (Å²) in [7, 11) is 0. The van der Waals surface area contributed by atoms with Crippen LogP contribution in [0.15, 0.2) is 48.5 Å². The summed E-state index contributed by atoms with van der Waals surface area (Å²) in [5.74, 6) is 0.315. The van der Waals surface area contributed by atoms with Gasteiger partial charge in [-0.1, -0.05) is 29.8 Å². The number of nitrogens with zero attached hydrogens (tertiary/aromatic N) is 2. The fourth-order valence-electron chi connectivity index (χ4n) is 3.00. The molecule has 1 amide bonds. The molecule has 4 nitrogen and oxygen atoms in total. The van der Waals surface area contributed by atoms with Crippen LogP contribution in [0.25, 0.3) is 0 Å². The quantitative estimate of drug-likeness (QED) is 0.720. The third-order valence-electron chi connectivity index (χ3n) is 4.45. The molecule has 0 aliphatic carbocycles. The summed E-state index contributed by atoms with van der Waals surface area (Å²) < 4.78 is 18.8. The SMILES string of the molecule is O=C(c1ccc(F)cc1Cl)N1CCN(CCCOc2ccccc2)CC1. The summed E-state index contributed by atoms with van der Waals surface area (Å²) in [4.78, 5) is 16.6. The number of rotatable bonds is 6. The summed E-state index contributed by atoms with van der Waals surface area (Å²) in [6, 6.07) is 13.7. The fourth-order valence-corrected chi connectivity index (χ4v) is 3.25. The summed E-state index contributed by atoms with van der Waals surface area (Å²) in [6.45, 7) is 4.53. The lowest BCUT2D eigenvalue weighted by atomic mass is 10.1. The Bertz CT molecular complexity index is 734. The molecular formula is C20H22ClFN2O2. The zero-order valence-electron chi connectivity index (χ0n) is 14.5. The van der Waals surface area contributed by atoms with Crippen LogP contribution in [-0.4, -0.2) is 55.0 Å². The molecule has 3 rings (SSSR count). The van der Waals surface area contributed by atoms with E-state index in [1.165, 1.54) is 18.2 Å². The highest BCUT2D eigenvalue weighted by Gasteiger charge is 2.23. The second kappa shape index (κ2) is 9.01. The molecule has 1 aliphatic rings. The molecular weight excluding hydrogens is 355 g/mol. The molecule has 1 heterocycles. The van der Waals surface area contributed by atoms with Crippen molar-refractivity contribution in [2.75, 3.05) is 39.3 Å².